The van der Waals surface area contributed by atoms with Gasteiger partial charge in [-0.3, -0.25) is 19.8 Å². The monoisotopic (exact) mass is 385 g/mol. The van der Waals surface area contributed by atoms with E-state index < -0.39 is 5.97 Å². The van der Waals surface area contributed by atoms with Crippen LogP contribution in [0.5, 0.6) is 0 Å². The molecular weight excluding hydrogens is 366 g/mol. The Morgan fingerprint density at radius 3 is 2.87 bits per heavy atom. The summed E-state index contributed by atoms with van der Waals surface area (Å²) in [5.41, 5.74) is 0.719. The van der Waals surface area contributed by atoms with Crippen LogP contribution in [0.4, 0.5) is 11.4 Å². The Bertz CT molecular complexity index is 596. The summed E-state index contributed by atoms with van der Waals surface area (Å²) in [5, 5.41) is 20.2. The fourth-order valence-electron chi connectivity index (χ4n) is 3.01. The molecule has 0 spiro atoms. The molecule has 0 amide bonds. The van der Waals surface area contributed by atoms with Crippen LogP contribution in [0.15, 0.2) is 22.7 Å². The van der Waals surface area contributed by atoms with E-state index in [1.54, 1.807) is 12.1 Å². The number of nitro benzene ring substituents is 1. The van der Waals surface area contributed by atoms with Crippen LogP contribution in [0.2, 0.25) is 0 Å². The number of rotatable bonds is 5. The number of anilines is 1. The van der Waals surface area contributed by atoms with Crippen LogP contribution in [0.1, 0.15) is 19.3 Å². The molecule has 7 nitrogen and oxygen atoms in total. The number of nitro groups is 1. The number of carbonyl (C=O) groups is 1. The Morgan fingerprint density at radius 1 is 1.48 bits per heavy atom. The van der Waals surface area contributed by atoms with Crippen LogP contribution in [0.3, 0.4) is 0 Å². The van der Waals surface area contributed by atoms with Crippen molar-refractivity contribution in [3.8, 4) is 0 Å². The van der Waals surface area contributed by atoms with Crippen molar-refractivity contribution in [2.45, 2.75) is 25.3 Å². The van der Waals surface area contributed by atoms with Crippen molar-refractivity contribution in [2.75, 3.05) is 31.6 Å². The maximum Gasteiger partial charge on any atom is 0.317 e. The van der Waals surface area contributed by atoms with Gasteiger partial charge in [-0.25, -0.2) is 0 Å². The van der Waals surface area contributed by atoms with E-state index in [0.29, 0.717) is 12.2 Å². The molecule has 1 aromatic carbocycles. The topological polar surface area (TPSA) is 86.9 Å². The van der Waals surface area contributed by atoms with Crippen LogP contribution in [-0.4, -0.2) is 53.6 Å². The Labute approximate surface area is 143 Å². The van der Waals surface area contributed by atoms with E-state index in [-0.39, 0.29) is 23.2 Å². The smallest absolute Gasteiger partial charge is 0.317 e. The van der Waals surface area contributed by atoms with E-state index in [0.717, 1.165) is 30.3 Å². The summed E-state index contributed by atoms with van der Waals surface area (Å²) in [5.74, 6) is -0.837. The number of nitrogens with zero attached hydrogens (tertiary/aromatic N) is 3. The van der Waals surface area contributed by atoms with Gasteiger partial charge in [0, 0.05) is 29.7 Å². The Balaban J connectivity index is 2.13. The maximum atomic E-state index is 11.2. The summed E-state index contributed by atoms with van der Waals surface area (Å²) in [6, 6.07) is 5.14. The Hall–Kier alpha value is -1.67. The van der Waals surface area contributed by atoms with Gasteiger partial charge in [-0.15, -0.1) is 0 Å². The molecule has 1 N–H and O–H groups in total. The van der Waals surface area contributed by atoms with Crippen molar-refractivity contribution in [1.29, 1.82) is 0 Å². The van der Waals surface area contributed by atoms with Crippen LogP contribution in [0, 0.1) is 10.1 Å². The minimum Gasteiger partial charge on any atom is -0.480 e. The highest BCUT2D eigenvalue weighted by molar-refractivity contribution is 9.10. The zero-order valence-electron chi connectivity index (χ0n) is 12.9. The van der Waals surface area contributed by atoms with Gasteiger partial charge >= 0.3 is 5.97 Å². The van der Waals surface area contributed by atoms with Gasteiger partial charge in [-0.1, -0.05) is 15.9 Å². The summed E-state index contributed by atoms with van der Waals surface area (Å²) in [6.07, 6.45) is 2.55. The molecule has 0 aliphatic carbocycles. The van der Waals surface area contributed by atoms with Crippen LogP contribution in [0.25, 0.3) is 0 Å². The summed E-state index contributed by atoms with van der Waals surface area (Å²) < 4.78 is 0.807. The van der Waals surface area contributed by atoms with E-state index in [1.807, 2.05) is 16.8 Å². The third kappa shape index (κ3) is 4.65. The van der Waals surface area contributed by atoms with Gasteiger partial charge in [0.1, 0.15) is 5.69 Å². The van der Waals surface area contributed by atoms with Gasteiger partial charge in [0.2, 0.25) is 0 Å². The predicted octanol–water partition coefficient (Wildman–Crippen LogP) is 2.73. The first-order valence-electron chi connectivity index (χ1n) is 7.49. The third-order valence-corrected chi connectivity index (χ3v) is 4.67. The normalized spacial score (nSPS) is 18.7. The number of hydrogen-bond acceptors (Lipinski definition) is 5. The molecule has 1 atom stereocenters. The number of carboxylic acids is 1. The molecule has 0 aromatic heterocycles. The van der Waals surface area contributed by atoms with Crippen molar-refractivity contribution < 1.29 is 14.8 Å². The molecule has 23 heavy (non-hydrogen) atoms. The Kier molecular flexibility index (Phi) is 5.95. The van der Waals surface area contributed by atoms with Gasteiger partial charge in [0.15, 0.2) is 0 Å². The molecule has 1 aliphatic heterocycles. The molecule has 8 heteroatoms. The second kappa shape index (κ2) is 7.74. The number of hydrogen-bond donors (Lipinski definition) is 1. The van der Waals surface area contributed by atoms with E-state index in [2.05, 4.69) is 15.9 Å². The van der Waals surface area contributed by atoms with E-state index in [1.165, 1.54) is 6.07 Å². The van der Waals surface area contributed by atoms with Crippen LogP contribution < -0.4 is 4.90 Å². The van der Waals surface area contributed by atoms with E-state index >= 15 is 0 Å². The van der Waals surface area contributed by atoms with E-state index in [9.17, 15) is 14.9 Å². The lowest BCUT2D eigenvalue weighted by molar-refractivity contribution is -0.384. The third-order valence-electron chi connectivity index (χ3n) is 4.18. The zero-order valence-corrected chi connectivity index (χ0v) is 14.5. The summed E-state index contributed by atoms with van der Waals surface area (Å²) in [6.45, 7) is 1.42. The van der Waals surface area contributed by atoms with Gasteiger partial charge in [0.05, 0.1) is 11.5 Å². The molecular formula is C15H20BrN3O4. The first-order valence-corrected chi connectivity index (χ1v) is 8.28. The average Bonchev–Trinajstić information content (AvgIpc) is 2.72. The number of carboxylic acid groups (broad SMARTS) is 1. The first-order chi connectivity index (χ1) is 10.9. The summed E-state index contributed by atoms with van der Waals surface area (Å²) >= 11 is 3.37. The van der Waals surface area contributed by atoms with Gasteiger partial charge in [-0.05, 0) is 38.4 Å². The number of benzene rings is 1. The molecule has 0 bridgehead atoms. The minimum absolute atomic E-state index is 0.0156. The minimum atomic E-state index is -0.837. The molecule has 0 radical (unpaired) electrons. The van der Waals surface area contributed by atoms with Gasteiger partial charge < -0.3 is 10.0 Å². The highest BCUT2D eigenvalue weighted by Gasteiger charge is 2.25. The fourth-order valence-corrected chi connectivity index (χ4v) is 3.36. The molecule has 1 aromatic rings. The van der Waals surface area contributed by atoms with Gasteiger partial charge in [-0.2, -0.15) is 0 Å². The molecule has 2 rings (SSSR count). The van der Waals surface area contributed by atoms with Crippen molar-refractivity contribution in [3.05, 3.63) is 32.8 Å². The first kappa shape index (κ1) is 17.7. The fraction of sp³-hybridized carbons (Fsp3) is 0.533. The van der Waals surface area contributed by atoms with Crippen LogP contribution >= 0.6 is 15.9 Å². The second-order valence-electron chi connectivity index (χ2n) is 5.77. The Morgan fingerprint density at radius 2 is 2.22 bits per heavy atom. The zero-order chi connectivity index (χ0) is 17.0. The molecule has 1 heterocycles. The lowest BCUT2D eigenvalue weighted by atomic mass is 10.1. The number of halogens is 1. The van der Waals surface area contributed by atoms with E-state index in [4.69, 9.17) is 5.11 Å². The van der Waals surface area contributed by atoms with Crippen molar-refractivity contribution in [3.63, 3.8) is 0 Å². The SMILES string of the molecule is CN(CC(=O)O)C1CCCN(c2cc(Br)ccc2[N+](=O)[O-])CC1. The predicted molar refractivity (Wildman–Crippen MR) is 90.9 cm³/mol. The standard InChI is InChI=1S/C15H20BrN3O4/c1-17(10-15(20)21)12-3-2-7-18(8-6-12)14-9-11(16)4-5-13(14)19(22)23/h4-5,9,12H,2-3,6-8,10H2,1H3,(H,20,21). The molecule has 1 unspecified atom stereocenters. The molecule has 1 saturated heterocycles. The molecule has 126 valence electrons. The summed E-state index contributed by atoms with van der Waals surface area (Å²) in [7, 11) is 1.82. The van der Waals surface area contributed by atoms with Crippen molar-refractivity contribution in [1.82, 2.24) is 4.90 Å². The van der Waals surface area contributed by atoms with Crippen molar-refractivity contribution in [2.24, 2.45) is 0 Å². The van der Waals surface area contributed by atoms with Crippen LogP contribution in [-0.2, 0) is 4.79 Å². The molecule has 0 saturated carbocycles. The lowest BCUT2D eigenvalue weighted by Gasteiger charge is -2.26. The largest absolute Gasteiger partial charge is 0.480 e. The second-order valence-corrected chi connectivity index (χ2v) is 6.69. The maximum absolute atomic E-state index is 11.2. The molecule has 1 aliphatic rings. The highest BCUT2D eigenvalue weighted by Crippen LogP contribution is 2.33. The number of likely N-dealkylation sites (N-methyl/N-ethyl adjacent to an activating group) is 1. The highest BCUT2D eigenvalue weighted by atomic mass is 79.9. The lowest BCUT2D eigenvalue weighted by Crippen LogP contribution is -2.36. The average molecular weight is 386 g/mol. The molecule has 1 fully saturated rings. The quantitative estimate of drug-likeness (QED) is 0.619. The van der Waals surface area contributed by atoms with Crippen molar-refractivity contribution >= 4 is 33.3 Å². The summed E-state index contributed by atoms with van der Waals surface area (Å²) in [4.78, 5) is 25.6. The number of aliphatic carboxylic acids is 1. The van der Waals surface area contributed by atoms with Gasteiger partial charge in [0.25, 0.3) is 5.69 Å².